The van der Waals surface area contributed by atoms with Crippen molar-refractivity contribution in [2.75, 3.05) is 0 Å². The lowest BCUT2D eigenvalue weighted by molar-refractivity contribution is -0.366. The molecule has 2 rings (SSSR count). The second-order valence-corrected chi connectivity index (χ2v) is 4.19. The number of nitrogens with two attached hydrogens (primary N) is 2. The summed E-state index contributed by atoms with van der Waals surface area (Å²) in [6, 6.07) is 4.17. The lowest BCUT2D eigenvalue weighted by Crippen LogP contribution is -2.73. The SMILES string of the molecule is Cc1cc(C)c2nc([NH+]=C(N)N)nc(C)c2c1. The van der Waals surface area contributed by atoms with Crippen LogP contribution in [0.25, 0.3) is 10.9 Å². The van der Waals surface area contributed by atoms with E-state index in [1.807, 2.05) is 13.8 Å². The quantitative estimate of drug-likeness (QED) is 0.456. The van der Waals surface area contributed by atoms with Crippen LogP contribution in [0.3, 0.4) is 0 Å². The van der Waals surface area contributed by atoms with Gasteiger partial charge < -0.3 is 11.5 Å². The van der Waals surface area contributed by atoms with Gasteiger partial charge in [-0.25, -0.2) is 4.99 Å². The van der Waals surface area contributed by atoms with Crippen molar-refractivity contribution in [2.45, 2.75) is 20.8 Å². The second kappa shape index (κ2) is 4.01. The number of guanidine groups is 1. The van der Waals surface area contributed by atoms with Gasteiger partial charge in [-0.2, -0.15) is 0 Å². The molecule has 1 heterocycles. The molecular weight excluding hydrogens is 214 g/mol. The Bertz CT molecular complexity index is 612. The molecule has 2 aromatic rings. The van der Waals surface area contributed by atoms with Gasteiger partial charge in [0, 0.05) is 5.39 Å². The molecule has 0 fully saturated rings. The van der Waals surface area contributed by atoms with E-state index in [0.717, 1.165) is 22.2 Å². The van der Waals surface area contributed by atoms with E-state index in [2.05, 4.69) is 34.0 Å². The molecule has 0 spiro atoms. The Morgan fingerprint density at radius 2 is 1.82 bits per heavy atom. The third-order valence-electron chi connectivity index (χ3n) is 2.58. The zero-order valence-electron chi connectivity index (χ0n) is 10.2. The van der Waals surface area contributed by atoms with E-state index in [1.165, 1.54) is 5.56 Å². The average Bonchev–Trinajstić information content (AvgIpc) is 2.19. The van der Waals surface area contributed by atoms with Gasteiger partial charge in [0.25, 0.3) is 5.96 Å². The van der Waals surface area contributed by atoms with Gasteiger partial charge >= 0.3 is 5.95 Å². The van der Waals surface area contributed by atoms with Gasteiger partial charge in [0.05, 0.1) is 5.69 Å². The summed E-state index contributed by atoms with van der Waals surface area (Å²) in [6.07, 6.45) is 0. The first-order chi connectivity index (χ1) is 7.97. The van der Waals surface area contributed by atoms with E-state index < -0.39 is 0 Å². The minimum Gasteiger partial charge on any atom is -0.323 e. The first-order valence-corrected chi connectivity index (χ1v) is 5.38. The van der Waals surface area contributed by atoms with Crippen LogP contribution in [0.4, 0.5) is 5.95 Å². The summed E-state index contributed by atoms with van der Waals surface area (Å²) in [7, 11) is 0. The van der Waals surface area contributed by atoms with Crippen molar-refractivity contribution in [1.82, 2.24) is 9.97 Å². The van der Waals surface area contributed by atoms with Crippen LogP contribution in [0.2, 0.25) is 0 Å². The Balaban J connectivity index is 2.77. The minimum absolute atomic E-state index is 0.0912. The van der Waals surface area contributed by atoms with E-state index in [-0.39, 0.29) is 5.96 Å². The smallest absolute Gasteiger partial charge is 0.323 e. The normalized spacial score (nSPS) is 10.5. The first-order valence-electron chi connectivity index (χ1n) is 5.38. The minimum atomic E-state index is 0.0912. The van der Waals surface area contributed by atoms with Crippen LogP contribution in [-0.2, 0) is 0 Å². The fraction of sp³-hybridized carbons (Fsp3) is 0.250. The van der Waals surface area contributed by atoms with E-state index in [4.69, 9.17) is 11.5 Å². The predicted octanol–water partition coefficient (Wildman–Crippen LogP) is -0.459. The molecule has 0 bridgehead atoms. The summed E-state index contributed by atoms with van der Waals surface area (Å²) in [5.74, 6) is 0.524. The lowest BCUT2D eigenvalue weighted by Gasteiger charge is -2.03. The highest BCUT2D eigenvalue weighted by Gasteiger charge is 2.11. The highest BCUT2D eigenvalue weighted by Crippen LogP contribution is 2.21. The molecule has 0 unspecified atom stereocenters. The fourth-order valence-corrected chi connectivity index (χ4v) is 1.92. The molecule has 0 radical (unpaired) electrons. The zero-order chi connectivity index (χ0) is 12.6. The number of rotatable bonds is 1. The van der Waals surface area contributed by atoms with Crippen LogP contribution in [0.5, 0.6) is 0 Å². The zero-order valence-corrected chi connectivity index (χ0v) is 10.2. The van der Waals surface area contributed by atoms with Crippen molar-refractivity contribution >= 4 is 22.8 Å². The van der Waals surface area contributed by atoms with E-state index in [1.54, 1.807) is 0 Å². The van der Waals surface area contributed by atoms with Crippen molar-refractivity contribution in [3.8, 4) is 0 Å². The van der Waals surface area contributed by atoms with Crippen molar-refractivity contribution in [3.05, 3.63) is 29.0 Å². The van der Waals surface area contributed by atoms with Gasteiger partial charge in [-0.1, -0.05) is 6.07 Å². The van der Waals surface area contributed by atoms with Crippen LogP contribution >= 0.6 is 0 Å². The molecule has 0 amide bonds. The van der Waals surface area contributed by atoms with Gasteiger partial charge in [0.2, 0.25) is 0 Å². The monoisotopic (exact) mass is 230 g/mol. The molecule has 1 aromatic heterocycles. The average molecular weight is 230 g/mol. The summed E-state index contributed by atoms with van der Waals surface area (Å²) < 4.78 is 0. The summed E-state index contributed by atoms with van der Waals surface area (Å²) >= 11 is 0. The van der Waals surface area contributed by atoms with Gasteiger partial charge in [-0.05, 0) is 38.0 Å². The maximum Gasteiger partial charge on any atom is 0.354 e. The van der Waals surface area contributed by atoms with E-state index in [0.29, 0.717) is 5.95 Å². The first kappa shape index (κ1) is 11.3. The molecule has 0 aliphatic carbocycles. The van der Waals surface area contributed by atoms with Gasteiger partial charge in [0.15, 0.2) is 0 Å². The molecule has 88 valence electrons. The Hall–Kier alpha value is -2.17. The van der Waals surface area contributed by atoms with Crippen LogP contribution in [0.1, 0.15) is 16.8 Å². The van der Waals surface area contributed by atoms with Crippen LogP contribution in [0, 0.1) is 20.8 Å². The van der Waals surface area contributed by atoms with Gasteiger partial charge in [-0.15, -0.1) is 9.97 Å². The molecule has 0 saturated heterocycles. The van der Waals surface area contributed by atoms with E-state index in [9.17, 15) is 0 Å². The molecule has 1 aromatic carbocycles. The predicted molar refractivity (Wildman–Crippen MR) is 67.8 cm³/mol. The van der Waals surface area contributed by atoms with Crippen LogP contribution in [-0.4, -0.2) is 15.9 Å². The standard InChI is InChI=1S/C12H15N5/c1-6-4-7(2)10-9(5-6)8(3)15-12(16-10)17-11(13)14/h4-5H,1-3H3,(H4,13,14,15,16,17)/p+1. The Kier molecular flexibility index (Phi) is 2.67. The highest BCUT2D eigenvalue weighted by molar-refractivity contribution is 5.85. The molecule has 17 heavy (non-hydrogen) atoms. The van der Waals surface area contributed by atoms with Crippen molar-refractivity contribution in [3.63, 3.8) is 0 Å². The summed E-state index contributed by atoms with van der Waals surface area (Å²) in [4.78, 5) is 11.5. The number of nitrogens with zero attached hydrogens (tertiary/aromatic N) is 2. The number of hydrogen-bond donors (Lipinski definition) is 3. The Morgan fingerprint density at radius 1 is 1.12 bits per heavy atom. The summed E-state index contributed by atoms with van der Waals surface area (Å²) in [5, 5.41) is 1.06. The molecule has 5 nitrogen and oxygen atoms in total. The highest BCUT2D eigenvalue weighted by atomic mass is 15.1. The fourth-order valence-electron chi connectivity index (χ4n) is 1.92. The second-order valence-electron chi connectivity index (χ2n) is 4.19. The number of hydrogen-bond acceptors (Lipinski definition) is 2. The van der Waals surface area contributed by atoms with Crippen molar-refractivity contribution in [2.24, 2.45) is 11.5 Å². The van der Waals surface area contributed by atoms with Crippen LogP contribution in [0.15, 0.2) is 12.1 Å². The molecular formula is C12H16N5+. The lowest BCUT2D eigenvalue weighted by atomic mass is 10.1. The molecule has 0 aliphatic rings. The molecule has 0 saturated carbocycles. The maximum absolute atomic E-state index is 5.38. The van der Waals surface area contributed by atoms with Crippen molar-refractivity contribution < 1.29 is 4.99 Å². The molecule has 5 N–H and O–H groups in total. The maximum atomic E-state index is 5.38. The van der Waals surface area contributed by atoms with Gasteiger partial charge in [-0.3, -0.25) is 0 Å². The van der Waals surface area contributed by atoms with E-state index >= 15 is 0 Å². The van der Waals surface area contributed by atoms with Gasteiger partial charge in [0.1, 0.15) is 5.52 Å². The Labute approximate surface area is 99.6 Å². The van der Waals surface area contributed by atoms with Crippen molar-refractivity contribution in [1.29, 1.82) is 0 Å². The topological polar surface area (TPSA) is 91.8 Å². The third kappa shape index (κ3) is 2.18. The summed E-state index contributed by atoms with van der Waals surface area (Å²) in [6.45, 7) is 6.03. The molecule has 0 aliphatic heterocycles. The number of benzene rings is 1. The number of aryl methyl sites for hydroxylation is 3. The molecule has 0 atom stereocenters. The molecule has 5 heteroatoms. The summed E-state index contributed by atoms with van der Waals surface area (Å²) in [5.41, 5.74) is 14.9. The third-order valence-corrected chi connectivity index (χ3v) is 2.58. The van der Waals surface area contributed by atoms with Crippen LogP contribution < -0.4 is 16.5 Å². The Morgan fingerprint density at radius 3 is 2.47 bits per heavy atom. The number of fused-ring (bicyclic) bond motifs is 1. The largest absolute Gasteiger partial charge is 0.354 e. The number of nitrogens with one attached hydrogen (secondary N) is 1. The number of aromatic nitrogens is 2.